The molecular formula is C3H8Ti. The standard InChI is InChI=1S/C3H8.Ti/c1-3-2;/h3H2,1-2H3;. The Morgan fingerprint density at radius 2 is 1.25 bits per heavy atom. The van der Waals surface area contributed by atoms with E-state index in [2.05, 4.69) is 13.8 Å². The topological polar surface area (TPSA) is 0 Å². The molecule has 0 bridgehead atoms. The van der Waals surface area contributed by atoms with Crippen LogP contribution in [-0.2, 0) is 21.7 Å². The van der Waals surface area contributed by atoms with Gasteiger partial charge < -0.3 is 0 Å². The van der Waals surface area contributed by atoms with Crippen molar-refractivity contribution in [2.24, 2.45) is 0 Å². The average molecular weight is 92.0 g/mol. The molecule has 0 aliphatic heterocycles. The molecule has 0 nitrogen and oxygen atoms in total. The third kappa shape index (κ3) is 15.6. The molecule has 0 heterocycles. The maximum atomic E-state index is 2.12. The zero-order valence-electron chi connectivity index (χ0n) is 3.21. The fourth-order valence-corrected chi connectivity index (χ4v) is 0. The van der Waals surface area contributed by atoms with Crippen molar-refractivity contribution in [2.75, 3.05) is 0 Å². The summed E-state index contributed by atoms with van der Waals surface area (Å²) in [5, 5.41) is 0. The third-order valence-corrected chi connectivity index (χ3v) is 0. The van der Waals surface area contributed by atoms with Crippen molar-refractivity contribution >= 4 is 0 Å². The molecule has 0 spiro atoms. The van der Waals surface area contributed by atoms with Gasteiger partial charge in [0, 0.05) is 21.7 Å². The fourth-order valence-electron chi connectivity index (χ4n) is 0. The minimum absolute atomic E-state index is 0. The molecule has 0 fully saturated rings. The summed E-state index contributed by atoms with van der Waals surface area (Å²) < 4.78 is 0. The summed E-state index contributed by atoms with van der Waals surface area (Å²) in [5.74, 6) is 0. The average Bonchev–Trinajstić information content (AvgIpc) is 0.918. The van der Waals surface area contributed by atoms with Crippen LogP contribution in [0.2, 0.25) is 0 Å². The molecule has 0 aliphatic rings. The zero-order valence-corrected chi connectivity index (χ0v) is 4.77. The first-order chi connectivity index (χ1) is 1.41. The van der Waals surface area contributed by atoms with Crippen LogP contribution in [0, 0.1) is 0 Å². The van der Waals surface area contributed by atoms with Crippen molar-refractivity contribution in [3.8, 4) is 0 Å². The molecule has 0 radical (unpaired) electrons. The first-order valence-electron chi connectivity index (χ1n) is 1.41. The van der Waals surface area contributed by atoms with E-state index in [1.165, 1.54) is 6.42 Å². The second-order valence-electron chi connectivity index (χ2n) is 0.707. The summed E-state index contributed by atoms with van der Waals surface area (Å²) in [6.45, 7) is 4.25. The molecule has 0 N–H and O–H groups in total. The van der Waals surface area contributed by atoms with Crippen molar-refractivity contribution in [3.05, 3.63) is 0 Å². The Kier molecular flexibility index (Phi) is 20.6. The molecule has 1 heteroatoms. The Balaban J connectivity index is 0. The van der Waals surface area contributed by atoms with E-state index in [0.717, 1.165) is 0 Å². The predicted molar refractivity (Wildman–Crippen MR) is 16.0 cm³/mol. The summed E-state index contributed by atoms with van der Waals surface area (Å²) in [5.41, 5.74) is 0. The van der Waals surface area contributed by atoms with Gasteiger partial charge >= 0.3 is 0 Å². The van der Waals surface area contributed by atoms with E-state index in [1.807, 2.05) is 0 Å². The van der Waals surface area contributed by atoms with Crippen LogP contribution in [0.15, 0.2) is 0 Å². The van der Waals surface area contributed by atoms with Crippen LogP contribution >= 0.6 is 0 Å². The van der Waals surface area contributed by atoms with Gasteiger partial charge in [-0.2, -0.15) is 0 Å². The zero-order chi connectivity index (χ0) is 2.71. The van der Waals surface area contributed by atoms with E-state index < -0.39 is 0 Å². The smallest absolute Gasteiger partial charge is 0 e. The summed E-state index contributed by atoms with van der Waals surface area (Å²) in [7, 11) is 0. The van der Waals surface area contributed by atoms with Gasteiger partial charge in [-0.3, -0.25) is 0 Å². The van der Waals surface area contributed by atoms with Crippen molar-refractivity contribution in [3.63, 3.8) is 0 Å². The molecule has 0 unspecified atom stereocenters. The molecule has 0 aliphatic carbocycles. The van der Waals surface area contributed by atoms with E-state index >= 15 is 0 Å². The van der Waals surface area contributed by atoms with E-state index in [9.17, 15) is 0 Å². The summed E-state index contributed by atoms with van der Waals surface area (Å²) in [6.07, 6.45) is 1.25. The van der Waals surface area contributed by atoms with Gasteiger partial charge in [-0.25, -0.2) is 0 Å². The summed E-state index contributed by atoms with van der Waals surface area (Å²) >= 11 is 0. The van der Waals surface area contributed by atoms with E-state index in [-0.39, 0.29) is 21.7 Å². The van der Waals surface area contributed by atoms with Crippen LogP contribution in [0.1, 0.15) is 20.3 Å². The van der Waals surface area contributed by atoms with Crippen LogP contribution in [-0.4, -0.2) is 0 Å². The van der Waals surface area contributed by atoms with Gasteiger partial charge in [0.05, 0.1) is 0 Å². The first kappa shape index (κ1) is 8.83. The minimum Gasteiger partial charge on any atom is -0.0656 e. The van der Waals surface area contributed by atoms with Gasteiger partial charge in [0.15, 0.2) is 0 Å². The van der Waals surface area contributed by atoms with E-state index in [1.54, 1.807) is 0 Å². The predicted octanol–water partition coefficient (Wildman–Crippen LogP) is 1.41. The minimum atomic E-state index is 0. The van der Waals surface area contributed by atoms with E-state index in [0.29, 0.717) is 0 Å². The molecule has 0 saturated heterocycles. The second kappa shape index (κ2) is 9.31. The number of hydrogen-bond donors (Lipinski definition) is 0. The Morgan fingerprint density at radius 3 is 1.25 bits per heavy atom. The molecule has 0 aromatic heterocycles. The van der Waals surface area contributed by atoms with Gasteiger partial charge in [-0.15, -0.1) is 0 Å². The first-order valence-corrected chi connectivity index (χ1v) is 1.41. The van der Waals surface area contributed by atoms with Gasteiger partial charge in [-0.05, 0) is 0 Å². The normalized spacial score (nSPS) is 4.50. The van der Waals surface area contributed by atoms with Gasteiger partial charge in [0.1, 0.15) is 0 Å². The van der Waals surface area contributed by atoms with Gasteiger partial charge in [-0.1, -0.05) is 20.3 Å². The SMILES string of the molecule is CCC.[Ti]. The molecule has 24 valence electrons. The van der Waals surface area contributed by atoms with Crippen LogP contribution in [0.4, 0.5) is 0 Å². The number of hydrogen-bond acceptors (Lipinski definition) is 0. The van der Waals surface area contributed by atoms with Gasteiger partial charge in [0.25, 0.3) is 0 Å². The Bertz CT molecular complexity index is 3.25. The van der Waals surface area contributed by atoms with Gasteiger partial charge in [0.2, 0.25) is 0 Å². The third-order valence-electron chi connectivity index (χ3n) is 0. The quantitative estimate of drug-likeness (QED) is 0.396. The van der Waals surface area contributed by atoms with Crippen molar-refractivity contribution < 1.29 is 21.7 Å². The number of rotatable bonds is 0. The van der Waals surface area contributed by atoms with Crippen molar-refractivity contribution in [1.82, 2.24) is 0 Å². The molecule has 0 rings (SSSR count). The van der Waals surface area contributed by atoms with E-state index in [4.69, 9.17) is 0 Å². The van der Waals surface area contributed by atoms with Crippen LogP contribution in [0.3, 0.4) is 0 Å². The van der Waals surface area contributed by atoms with Crippen LogP contribution in [0.5, 0.6) is 0 Å². The van der Waals surface area contributed by atoms with Crippen LogP contribution < -0.4 is 0 Å². The molecule has 0 atom stereocenters. The Hall–Kier alpha value is 0.714. The monoisotopic (exact) mass is 92.0 g/mol. The Morgan fingerprint density at radius 1 is 1.25 bits per heavy atom. The van der Waals surface area contributed by atoms with Crippen LogP contribution in [0.25, 0.3) is 0 Å². The van der Waals surface area contributed by atoms with Crippen molar-refractivity contribution in [1.29, 1.82) is 0 Å². The largest absolute Gasteiger partial charge is 0.0656 e. The second-order valence-corrected chi connectivity index (χ2v) is 0.707. The maximum absolute atomic E-state index is 2.12. The van der Waals surface area contributed by atoms with Crippen molar-refractivity contribution in [2.45, 2.75) is 20.3 Å². The Labute approximate surface area is 42.5 Å². The summed E-state index contributed by atoms with van der Waals surface area (Å²) in [6, 6.07) is 0. The molecule has 0 saturated carbocycles. The molecule has 0 aromatic rings. The fraction of sp³-hybridized carbons (Fsp3) is 1.00. The molecule has 0 aromatic carbocycles. The molecule has 0 amide bonds. The molecular weight excluding hydrogens is 83.9 g/mol. The molecule has 4 heavy (non-hydrogen) atoms. The maximum Gasteiger partial charge on any atom is 0 e. The summed E-state index contributed by atoms with van der Waals surface area (Å²) in [4.78, 5) is 0.